The van der Waals surface area contributed by atoms with Gasteiger partial charge in [0, 0.05) is 16.5 Å². The Morgan fingerprint density at radius 3 is 2.18 bits per heavy atom. The molecule has 44 heavy (non-hydrogen) atoms. The molecule has 2 fully saturated rings. The molecule has 0 bridgehead atoms. The van der Waals surface area contributed by atoms with Crippen molar-refractivity contribution in [2.75, 3.05) is 20.1 Å². The summed E-state index contributed by atoms with van der Waals surface area (Å²) in [7, 11) is 2.14. The number of carbonyl (C=O) groups excluding carboxylic acids is 1. The van der Waals surface area contributed by atoms with Gasteiger partial charge < -0.3 is 20.2 Å². The highest BCUT2D eigenvalue weighted by Gasteiger charge is 2.31. The minimum Gasteiger partial charge on any atom is -0.490 e. The number of hydrogen-bond acceptors (Lipinski definition) is 6. The van der Waals surface area contributed by atoms with Gasteiger partial charge in [0.1, 0.15) is 12.0 Å². The van der Waals surface area contributed by atoms with Gasteiger partial charge in [0.25, 0.3) is 5.92 Å². The minimum atomic E-state index is -3.10. The normalized spacial score (nSPS) is 16.0. The van der Waals surface area contributed by atoms with Crippen LogP contribution >= 0.6 is 11.9 Å². The summed E-state index contributed by atoms with van der Waals surface area (Å²) in [6.45, 7) is 2.36. The van der Waals surface area contributed by atoms with Crippen LogP contribution in [-0.4, -0.2) is 43.5 Å². The standard InChI is InChI=1S/C15H12F2O.C15H17NOS.C6H14N2/c16-15(17,9-10-18)14-8-4-7-13(11-14)12-5-2-1-3-6-12;16-18-15-8-6-11-9-14(7-5-12(11)10-15)17-13-3-1-2-4-13;1-8-4-2-6(7)3-5-8/h1-8,10-11H,9H2;5-10,13H,1-4,16H2;6H,2-5,7H2,1H3. The second kappa shape index (κ2) is 16.7. The molecular formula is C36H43F2N3O2S. The summed E-state index contributed by atoms with van der Waals surface area (Å²) in [5, 5.41) is 8.00. The van der Waals surface area contributed by atoms with E-state index in [0.29, 0.717) is 12.1 Å². The van der Waals surface area contributed by atoms with Gasteiger partial charge in [-0.05, 0) is 123 Å². The number of alkyl halides is 2. The first-order valence-electron chi connectivity index (χ1n) is 15.3. The molecule has 234 valence electrons. The number of halogens is 2. The molecule has 0 amide bonds. The molecule has 5 nitrogen and oxygen atoms in total. The summed E-state index contributed by atoms with van der Waals surface area (Å²) < 4.78 is 33.3. The topological polar surface area (TPSA) is 81.6 Å². The fraction of sp³-hybridized carbons (Fsp3) is 0.361. The van der Waals surface area contributed by atoms with E-state index in [1.165, 1.54) is 86.5 Å². The van der Waals surface area contributed by atoms with Crippen molar-refractivity contribution in [2.24, 2.45) is 10.9 Å². The lowest BCUT2D eigenvalue weighted by Crippen LogP contribution is -2.37. The predicted octanol–water partition coefficient (Wildman–Crippen LogP) is 8.20. The SMILES string of the molecule is CN1CCC(N)CC1.NSc1ccc2cc(OC3CCCC3)ccc2c1.O=CCC(F)(F)c1cccc(-c2ccccc2)c1. The number of piperidine rings is 1. The Labute approximate surface area is 264 Å². The van der Waals surface area contributed by atoms with Crippen LogP contribution in [0.2, 0.25) is 0 Å². The molecule has 4 aromatic carbocycles. The highest BCUT2D eigenvalue weighted by atomic mass is 32.2. The molecule has 0 aromatic heterocycles. The van der Waals surface area contributed by atoms with E-state index in [0.717, 1.165) is 21.8 Å². The van der Waals surface area contributed by atoms with Gasteiger partial charge in [-0.15, -0.1) is 0 Å². The summed E-state index contributed by atoms with van der Waals surface area (Å²) >= 11 is 1.28. The van der Waals surface area contributed by atoms with Crippen molar-refractivity contribution in [3.05, 3.63) is 96.6 Å². The first kappa shape index (κ1) is 33.6. The molecule has 2 aliphatic rings. The predicted molar refractivity (Wildman–Crippen MR) is 178 cm³/mol. The molecule has 1 saturated heterocycles. The quantitative estimate of drug-likeness (QED) is 0.160. The second-order valence-corrected chi connectivity index (χ2v) is 12.2. The molecule has 1 aliphatic heterocycles. The Kier molecular flexibility index (Phi) is 12.7. The molecule has 1 heterocycles. The third-order valence-corrected chi connectivity index (χ3v) is 8.55. The Morgan fingerprint density at radius 1 is 0.864 bits per heavy atom. The van der Waals surface area contributed by atoms with Crippen LogP contribution in [0.5, 0.6) is 5.75 Å². The molecule has 0 unspecified atom stereocenters. The van der Waals surface area contributed by atoms with Crippen LogP contribution < -0.4 is 15.6 Å². The maximum atomic E-state index is 13.6. The molecule has 0 spiro atoms. The summed E-state index contributed by atoms with van der Waals surface area (Å²) in [6.07, 6.45) is 7.22. The van der Waals surface area contributed by atoms with E-state index in [4.69, 9.17) is 15.6 Å². The van der Waals surface area contributed by atoms with Crippen molar-refractivity contribution in [3.8, 4) is 16.9 Å². The molecular weight excluding hydrogens is 576 g/mol. The lowest BCUT2D eigenvalue weighted by atomic mass is 9.99. The van der Waals surface area contributed by atoms with Crippen LogP contribution in [0.25, 0.3) is 21.9 Å². The van der Waals surface area contributed by atoms with Crippen molar-refractivity contribution in [3.63, 3.8) is 0 Å². The second-order valence-electron chi connectivity index (χ2n) is 11.5. The number of nitrogens with two attached hydrogens (primary N) is 2. The number of carbonyl (C=O) groups is 1. The van der Waals surface area contributed by atoms with Crippen LogP contribution in [0, 0.1) is 0 Å². The van der Waals surface area contributed by atoms with Crippen molar-refractivity contribution < 1.29 is 18.3 Å². The summed E-state index contributed by atoms with van der Waals surface area (Å²) in [4.78, 5) is 13.7. The molecule has 4 N–H and O–H groups in total. The van der Waals surface area contributed by atoms with Crippen molar-refractivity contribution in [2.45, 2.75) is 67.9 Å². The number of fused-ring (bicyclic) bond motifs is 1. The van der Waals surface area contributed by atoms with Gasteiger partial charge in [-0.3, -0.25) is 5.14 Å². The molecule has 8 heteroatoms. The number of aldehydes is 1. The van der Waals surface area contributed by atoms with E-state index in [1.54, 1.807) is 12.1 Å². The smallest absolute Gasteiger partial charge is 0.279 e. The summed E-state index contributed by atoms with van der Waals surface area (Å²) in [5.41, 5.74) is 7.14. The van der Waals surface area contributed by atoms with E-state index in [2.05, 4.69) is 42.3 Å². The van der Waals surface area contributed by atoms with Gasteiger partial charge >= 0.3 is 0 Å². The zero-order chi connectivity index (χ0) is 31.4. The maximum absolute atomic E-state index is 13.6. The zero-order valence-corrected chi connectivity index (χ0v) is 26.2. The van der Waals surface area contributed by atoms with Gasteiger partial charge in [-0.25, -0.2) is 8.78 Å². The fourth-order valence-corrected chi connectivity index (χ4v) is 5.70. The van der Waals surface area contributed by atoms with E-state index >= 15 is 0 Å². The maximum Gasteiger partial charge on any atom is 0.279 e. The zero-order valence-electron chi connectivity index (χ0n) is 25.3. The minimum absolute atomic E-state index is 0.129. The van der Waals surface area contributed by atoms with E-state index < -0.39 is 12.3 Å². The third-order valence-electron chi connectivity index (χ3n) is 8.02. The highest BCUT2D eigenvalue weighted by Crippen LogP contribution is 2.33. The molecule has 1 saturated carbocycles. The van der Waals surface area contributed by atoms with Crippen molar-refractivity contribution in [1.82, 2.24) is 4.90 Å². The van der Waals surface area contributed by atoms with E-state index in [9.17, 15) is 13.6 Å². The van der Waals surface area contributed by atoms with Crippen molar-refractivity contribution in [1.29, 1.82) is 0 Å². The number of likely N-dealkylation sites (tertiary alicyclic amines) is 1. The fourth-order valence-electron chi connectivity index (χ4n) is 5.36. The molecule has 4 aromatic rings. The van der Waals surface area contributed by atoms with E-state index in [1.807, 2.05) is 36.4 Å². The molecule has 1 aliphatic carbocycles. The van der Waals surface area contributed by atoms with Crippen LogP contribution in [0.4, 0.5) is 8.78 Å². The van der Waals surface area contributed by atoms with Gasteiger partial charge in [-0.1, -0.05) is 60.7 Å². The highest BCUT2D eigenvalue weighted by molar-refractivity contribution is 7.97. The largest absolute Gasteiger partial charge is 0.490 e. The average Bonchev–Trinajstić information content (AvgIpc) is 3.56. The number of ether oxygens (including phenoxy) is 1. The number of nitrogens with zero attached hydrogens (tertiary/aromatic N) is 1. The lowest BCUT2D eigenvalue weighted by Gasteiger charge is -2.25. The number of hydrogen-bond donors (Lipinski definition) is 2. The van der Waals surface area contributed by atoms with Crippen LogP contribution in [0.3, 0.4) is 0 Å². The van der Waals surface area contributed by atoms with Gasteiger partial charge in [0.15, 0.2) is 0 Å². The summed E-state index contributed by atoms with van der Waals surface area (Å²) in [5.74, 6) is -2.12. The van der Waals surface area contributed by atoms with Gasteiger partial charge in [0.05, 0.1) is 12.5 Å². The number of rotatable bonds is 7. The van der Waals surface area contributed by atoms with Crippen molar-refractivity contribution >= 4 is 29.0 Å². The molecule has 0 atom stereocenters. The van der Waals surface area contributed by atoms with E-state index in [-0.39, 0.29) is 11.8 Å². The Morgan fingerprint density at radius 2 is 1.52 bits per heavy atom. The Balaban J connectivity index is 0.000000162. The Hall–Kier alpha value is -3.30. The summed E-state index contributed by atoms with van der Waals surface area (Å²) in [6, 6.07) is 28.5. The lowest BCUT2D eigenvalue weighted by molar-refractivity contribution is -0.115. The molecule has 0 radical (unpaired) electrons. The van der Waals surface area contributed by atoms with Gasteiger partial charge in [-0.2, -0.15) is 0 Å². The van der Waals surface area contributed by atoms with Crippen LogP contribution in [0.1, 0.15) is 50.5 Å². The first-order valence-corrected chi connectivity index (χ1v) is 16.1. The third kappa shape index (κ3) is 10.1. The number of benzene rings is 4. The first-order chi connectivity index (χ1) is 21.3. The average molecular weight is 620 g/mol. The Bertz CT molecular complexity index is 1450. The monoisotopic (exact) mass is 619 g/mol. The molecule has 6 rings (SSSR count). The van der Waals surface area contributed by atoms with Crippen LogP contribution in [0.15, 0.2) is 95.9 Å². The van der Waals surface area contributed by atoms with Crippen LogP contribution in [-0.2, 0) is 10.7 Å². The van der Waals surface area contributed by atoms with Gasteiger partial charge in [0.2, 0.25) is 0 Å².